The number of nitrogens with zero attached hydrogens (tertiary/aromatic N) is 1. The van der Waals surface area contributed by atoms with E-state index in [1.165, 1.54) is 0 Å². The van der Waals surface area contributed by atoms with E-state index in [-0.39, 0.29) is 12.4 Å². The van der Waals surface area contributed by atoms with Gasteiger partial charge in [0.05, 0.1) is 18.6 Å². The monoisotopic (exact) mass is 201 g/mol. The molecule has 0 aliphatic carbocycles. The third-order valence-corrected chi connectivity index (χ3v) is 2.75. The fourth-order valence-corrected chi connectivity index (χ4v) is 2.00. The van der Waals surface area contributed by atoms with Gasteiger partial charge in [-0.2, -0.15) is 0 Å². The number of likely N-dealkylation sites (tertiary alicyclic amines) is 1. The minimum absolute atomic E-state index is 0.107. The molecule has 0 saturated carbocycles. The molecule has 0 spiro atoms. The molecule has 2 atom stereocenters. The molecule has 0 radical (unpaired) electrons. The Morgan fingerprint density at radius 2 is 2.36 bits per heavy atom. The Bertz CT molecular complexity index is 207. The van der Waals surface area contributed by atoms with Crippen LogP contribution in [0.4, 0.5) is 0 Å². The van der Waals surface area contributed by atoms with E-state index in [0.29, 0.717) is 25.6 Å². The molecule has 4 nitrogen and oxygen atoms in total. The van der Waals surface area contributed by atoms with Gasteiger partial charge in [-0.1, -0.05) is 0 Å². The zero-order valence-electron chi connectivity index (χ0n) is 9.12. The van der Waals surface area contributed by atoms with E-state index in [1.807, 2.05) is 14.0 Å². The number of hydrogen-bond acceptors (Lipinski definition) is 4. The van der Waals surface area contributed by atoms with Crippen molar-refractivity contribution in [2.45, 2.75) is 38.3 Å². The van der Waals surface area contributed by atoms with E-state index in [2.05, 4.69) is 4.90 Å². The highest BCUT2D eigenvalue weighted by Crippen LogP contribution is 2.28. The van der Waals surface area contributed by atoms with Crippen molar-refractivity contribution in [3.8, 4) is 0 Å². The number of hydrogen-bond donors (Lipinski definition) is 1. The van der Waals surface area contributed by atoms with Crippen LogP contribution in [0.5, 0.6) is 0 Å². The normalized spacial score (nSPS) is 33.3. The van der Waals surface area contributed by atoms with Crippen molar-refractivity contribution >= 4 is 5.97 Å². The molecule has 0 aromatic heterocycles. The predicted molar refractivity (Wildman–Crippen MR) is 52.9 cm³/mol. The Morgan fingerprint density at radius 3 is 2.79 bits per heavy atom. The van der Waals surface area contributed by atoms with Crippen LogP contribution in [0.3, 0.4) is 0 Å². The zero-order chi connectivity index (χ0) is 10.8. The van der Waals surface area contributed by atoms with E-state index in [4.69, 9.17) is 4.74 Å². The highest BCUT2D eigenvalue weighted by molar-refractivity contribution is 5.70. The molecule has 1 rings (SSSR count). The number of rotatable bonds is 3. The zero-order valence-corrected chi connectivity index (χ0v) is 9.12. The predicted octanol–water partition coefficient (Wildman–Crippen LogP) is 0.395. The van der Waals surface area contributed by atoms with Gasteiger partial charge < -0.3 is 14.7 Å². The van der Waals surface area contributed by atoms with Gasteiger partial charge in [0.25, 0.3) is 0 Å². The second-order valence-electron chi connectivity index (χ2n) is 4.17. The second-order valence-corrected chi connectivity index (χ2v) is 4.17. The summed E-state index contributed by atoms with van der Waals surface area (Å²) in [7, 11) is 1.95. The smallest absolute Gasteiger partial charge is 0.308 e. The summed E-state index contributed by atoms with van der Waals surface area (Å²) in [6.45, 7) is 4.74. The Hall–Kier alpha value is -0.610. The topological polar surface area (TPSA) is 49.8 Å². The number of carbonyl (C=O) groups is 1. The molecule has 0 bridgehead atoms. The largest absolute Gasteiger partial charge is 0.466 e. The molecule has 1 aliphatic rings. The third kappa shape index (κ3) is 2.69. The molecule has 0 aromatic rings. The van der Waals surface area contributed by atoms with Crippen LogP contribution in [0, 0.1) is 0 Å². The average molecular weight is 201 g/mol. The first-order valence-electron chi connectivity index (χ1n) is 5.05. The number of ether oxygens (including phenoxy) is 1. The molecule has 4 heteroatoms. The third-order valence-electron chi connectivity index (χ3n) is 2.75. The molecule has 1 heterocycles. The summed E-state index contributed by atoms with van der Waals surface area (Å²) in [5.41, 5.74) is -0.888. The summed E-state index contributed by atoms with van der Waals surface area (Å²) in [6.07, 6.45) is 0.748. The Labute approximate surface area is 84.8 Å². The molecule has 1 fully saturated rings. The summed E-state index contributed by atoms with van der Waals surface area (Å²) in [5.74, 6) is -0.308. The standard InChI is InChI=1S/C10H19NO3/c1-4-14-9(12)6-10(13)5-8(2)11(3)7-10/h8,13H,4-7H2,1-3H3. The van der Waals surface area contributed by atoms with E-state index in [1.54, 1.807) is 6.92 Å². The first kappa shape index (κ1) is 11.5. The average Bonchev–Trinajstić information content (AvgIpc) is 2.25. The molecular weight excluding hydrogens is 182 g/mol. The molecule has 1 saturated heterocycles. The second kappa shape index (κ2) is 4.28. The number of carbonyl (C=O) groups excluding carboxylic acids is 1. The maximum atomic E-state index is 11.2. The van der Waals surface area contributed by atoms with Gasteiger partial charge in [0.15, 0.2) is 0 Å². The van der Waals surface area contributed by atoms with Crippen molar-refractivity contribution in [3.05, 3.63) is 0 Å². The van der Waals surface area contributed by atoms with Gasteiger partial charge in [-0.3, -0.25) is 4.79 Å². The van der Waals surface area contributed by atoms with Crippen molar-refractivity contribution in [2.24, 2.45) is 0 Å². The van der Waals surface area contributed by atoms with Gasteiger partial charge in [-0.15, -0.1) is 0 Å². The lowest BCUT2D eigenvalue weighted by molar-refractivity contribution is -0.148. The molecular formula is C10H19NO3. The molecule has 0 aromatic carbocycles. The summed E-state index contributed by atoms with van der Waals surface area (Å²) >= 11 is 0. The highest BCUT2D eigenvalue weighted by atomic mass is 16.5. The van der Waals surface area contributed by atoms with E-state index in [0.717, 1.165) is 0 Å². The number of likely N-dealkylation sites (N-methyl/N-ethyl adjacent to an activating group) is 1. The minimum Gasteiger partial charge on any atom is -0.466 e. The molecule has 0 amide bonds. The van der Waals surface area contributed by atoms with Crippen molar-refractivity contribution in [1.82, 2.24) is 4.90 Å². The summed E-state index contributed by atoms with van der Waals surface area (Å²) in [5, 5.41) is 10.1. The Morgan fingerprint density at radius 1 is 1.71 bits per heavy atom. The first-order valence-corrected chi connectivity index (χ1v) is 5.05. The number of esters is 1. The highest BCUT2D eigenvalue weighted by Gasteiger charge is 2.40. The van der Waals surface area contributed by atoms with Gasteiger partial charge in [0.1, 0.15) is 0 Å². The summed E-state index contributed by atoms with van der Waals surface area (Å²) in [4.78, 5) is 13.3. The van der Waals surface area contributed by atoms with Crippen LogP contribution in [-0.4, -0.2) is 47.8 Å². The van der Waals surface area contributed by atoms with Crippen LogP contribution in [-0.2, 0) is 9.53 Å². The van der Waals surface area contributed by atoms with Gasteiger partial charge in [-0.05, 0) is 27.3 Å². The van der Waals surface area contributed by atoms with Crippen molar-refractivity contribution < 1.29 is 14.6 Å². The summed E-state index contributed by atoms with van der Waals surface area (Å²) < 4.78 is 4.82. The van der Waals surface area contributed by atoms with E-state index >= 15 is 0 Å². The van der Waals surface area contributed by atoms with Gasteiger partial charge >= 0.3 is 5.97 Å². The number of aliphatic hydroxyl groups is 1. The van der Waals surface area contributed by atoms with Gasteiger partial charge in [0.2, 0.25) is 0 Å². The van der Waals surface area contributed by atoms with Crippen LogP contribution < -0.4 is 0 Å². The number of β-amino-alcohol motifs (C(OH)–C–C–N with tert-alkyl or cyclic N) is 1. The lowest BCUT2D eigenvalue weighted by Crippen LogP contribution is -2.35. The van der Waals surface area contributed by atoms with Crippen LogP contribution in [0.1, 0.15) is 26.7 Å². The molecule has 1 aliphatic heterocycles. The lowest BCUT2D eigenvalue weighted by atomic mass is 9.97. The van der Waals surface area contributed by atoms with Crippen LogP contribution in [0.25, 0.3) is 0 Å². The SMILES string of the molecule is CCOC(=O)CC1(O)CC(C)N(C)C1. The van der Waals surface area contributed by atoms with Crippen LogP contribution >= 0.6 is 0 Å². The van der Waals surface area contributed by atoms with Crippen molar-refractivity contribution in [3.63, 3.8) is 0 Å². The van der Waals surface area contributed by atoms with Crippen LogP contribution in [0.2, 0.25) is 0 Å². The van der Waals surface area contributed by atoms with E-state index in [9.17, 15) is 9.90 Å². The maximum absolute atomic E-state index is 11.2. The first-order chi connectivity index (χ1) is 6.47. The van der Waals surface area contributed by atoms with Gasteiger partial charge in [0, 0.05) is 12.6 Å². The molecule has 2 unspecified atom stereocenters. The van der Waals surface area contributed by atoms with Crippen molar-refractivity contribution in [1.29, 1.82) is 0 Å². The van der Waals surface area contributed by atoms with Crippen LogP contribution in [0.15, 0.2) is 0 Å². The summed E-state index contributed by atoms with van der Waals surface area (Å²) in [6, 6.07) is 0.328. The Balaban J connectivity index is 2.47. The minimum atomic E-state index is -0.888. The fourth-order valence-electron chi connectivity index (χ4n) is 2.00. The molecule has 82 valence electrons. The fraction of sp³-hybridized carbons (Fsp3) is 0.900. The van der Waals surface area contributed by atoms with Crippen molar-refractivity contribution in [2.75, 3.05) is 20.2 Å². The maximum Gasteiger partial charge on any atom is 0.308 e. The Kier molecular flexibility index (Phi) is 3.50. The van der Waals surface area contributed by atoms with E-state index < -0.39 is 5.60 Å². The molecule has 14 heavy (non-hydrogen) atoms. The lowest BCUT2D eigenvalue weighted by Gasteiger charge is -2.20. The van der Waals surface area contributed by atoms with Gasteiger partial charge in [-0.25, -0.2) is 0 Å². The molecule has 1 N–H and O–H groups in total. The quantitative estimate of drug-likeness (QED) is 0.671.